The van der Waals surface area contributed by atoms with Crippen LogP contribution < -0.4 is 9.13 Å². The fourth-order valence-electron chi connectivity index (χ4n) is 2.44. The van der Waals surface area contributed by atoms with Gasteiger partial charge in [-0.3, -0.25) is 0 Å². The Morgan fingerprint density at radius 3 is 1.67 bits per heavy atom. The molecule has 2 aromatic heterocycles. The summed E-state index contributed by atoms with van der Waals surface area (Å²) in [4.78, 5) is 3.40. The molecule has 0 radical (unpaired) electrons. The van der Waals surface area contributed by atoms with E-state index in [0.29, 0.717) is 11.3 Å². The smallest absolute Gasteiger partial charge is 0.198 e. The molecule has 0 N–H and O–H groups in total. The van der Waals surface area contributed by atoms with Crippen molar-refractivity contribution in [3.05, 3.63) is 101 Å². The van der Waals surface area contributed by atoms with Gasteiger partial charge >= 0.3 is 0 Å². The first-order valence-electron chi connectivity index (χ1n) is 7.60. The zero-order valence-electron chi connectivity index (χ0n) is 13.1. The monoisotopic (exact) mass is 312 g/mol. The molecule has 0 fully saturated rings. The SMILES string of the molecule is [C-]#[N+]c1cc[n+](Cc2ccc(C[n+]3ccc(C#N)cc3)cc2)cc1. The van der Waals surface area contributed by atoms with E-state index in [4.69, 9.17) is 11.8 Å². The second kappa shape index (κ2) is 7.17. The number of nitriles is 1. The predicted octanol–water partition coefficient (Wildman–Crippen LogP) is 2.78. The number of hydrogen-bond acceptors (Lipinski definition) is 1. The number of benzene rings is 1. The highest BCUT2D eigenvalue weighted by molar-refractivity contribution is 5.40. The maximum absolute atomic E-state index is 8.82. The summed E-state index contributed by atoms with van der Waals surface area (Å²) in [6.07, 6.45) is 7.68. The van der Waals surface area contributed by atoms with Gasteiger partial charge in [0.25, 0.3) is 0 Å². The van der Waals surface area contributed by atoms with Gasteiger partial charge in [-0.2, -0.15) is 5.26 Å². The van der Waals surface area contributed by atoms with E-state index < -0.39 is 0 Å². The minimum atomic E-state index is 0.654. The van der Waals surface area contributed by atoms with E-state index in [1.165, 1.54) is 11.1 Å². The fraction of sp³-hybridized carbons (Fsp3) is 0.100. The Morgan fingerprint density at radius 1 is 0.792 bits per heavy atom. The van der Waals surface area contributed by atoms with Gasteiger partial charge in [-0.15, -0.1) is 0 Å². The van der Waals surface area contributed by atoms with Crippen molar-refractivity contribution < 1.29 is 9.13 Å². The summed E-state index contributed by atoms with van der Waals surface area (Å²) in [7, 11) is 0. The molecular weight excluding hydrogens is 296 g/mol. The maximum atomic E-state index is 8.82. The summed E-state index contributed by atoms with van der Waals surface area (Å²) in [5.41, 5.74) is 3.75. The maximum Gasteiger partial charge on any atom is 0.198 e. The molecule has 1 aromatic carbocycles. The average Bonchev–Trinajstić information content (AvgIpc) is 2.65. The number of pyridine rings is 2. The zero-order valence-corrected chi connectivity index (χ0v) is 13.1. The molecular formula is C20H16N4+2. The molecule has 24 heavy (non-hydrogen) atoms. The normalized spacial score (nSPS) is 9.92. The molecule has 4 heteroatoms. The van der Waals surface area contributed by atoms with Crippen molar-refractivity contribution in [2.75, 3.05) is 0 Å². The van der Waals surface area contributed by atoms with Crippen LogP contribution in [0.1, 0.15) is 16.7 Å². The minimum Gasteiger partial charge on any atom is -0.238 e. The first kappa shape index (κ1) is 15.4. The Kier molecular flexibility index (Phi) is 4.60. The van der Waals surface area contributed by atoms with Crippen LogP contribution in [0.15, 0.2) is 73.3 Å². The van der Waals surface area contributed by atoms with Crippen molar-refractivity contribution in [2.45, 2.75) is 13.1 Å². The third-order valence-corrected chi connectivity index (χ3v) is 3.78. The van der Waals surface area contributed by atoms with Gasteiger partial charge in [0, 0.05) is 35.4 Å². The van der Waals surface area contributed by atoms with Gasteiger partial charge in [0.15, 0.2) is 43.6 Å². The lowest BCUT2D eigenvalue weighted by molar-refractivity contribution is -0.688. The molecule has 3 aromatic rings. The van der Waals surface area contributed by atoms with Gasteiger partial charge in [-0.25, -0.2) is 14.0 Å². The molecule has 4 nitrogen and oxygen atoms in total. The van der Waals surface area contributed by atoms with Crippen molar-refractivity contribution in [1.29, 1.82) is 5.26 Å². The molecule has 0 spiro atoms. The van der Waals surface area contributed by atoms with Crippen molar-refractivity contribution in [1.82, 2.24) is 0 Å². The summed E-state index contributed by atoms with van der Waals surface area (Å²) in [6.45, 7) is 8.53. The Balaban J connectivity index is 1.66. The molecule has 0 saturated carbocycles. The Hall–Kier alpha value is -3.50. The molecule has 0 saturated heterocycles. The van der Waals surface area contributed by atoms with Crippen LogP contribution in [-0.2, 0) is 13.1 Å². The van der Waals surface area contributed by atoms with Gasteiger partial charge in [0.1, 0.15) is 0 Å². The van der Waals surface area contributed by atoms with Crippen molar-refractivity contribution in [2.24, 2.45) is 0 Å². The van der Waals surface area contributed by atoms with Gasteiger partial charge < -0.3 is 0 Å². The zero-order chi connectivity index (χ0) is 16.8. The van der Waals surface area contributed by atoms with E-state index in [0.717, 1.165) is 13.1 Å². The van der Waals surface area contributed by atoms with Crippen molar-refractivity contribution >= 4 is 5.69 Å². The molecule has 0 aliphatic heterocycles. The molecule has 2 heterocycles. The third kappa shape index (κ3) is 3.82. The Morgan fingerprint density at radius 2 is 1.25 bits per heavy atom. The standard InChI is InChI=1S/C20H16N4/c1-22-20-8-12-24(13-9-20)16-19-4-2-18(3-5-19)15-23-10-6-17(14-21)7-11-23/h2-13H,15-16H2/q+2. The lowest BCUT2D eigenvalue weighted by Gasteiger charge is -2.01. The highest BCUT2D eigenvalue weighted by atomic mass is 14.9. The van der Waals surface area contributed by atoms with E-state index >= 15 is 0 Å². The van der Waals surface area contributed by atoms with Crippen LogP contribution in [0.25, 0.3) is 4.85 Å². The van der Waals surface area contributed by atoms with E-state index in [2.05, 4.69) is 39.7 Å². The molecule has 0 unspecified atom stereocenters. The van der Waals surface area contributed by atoms with Gasteiger partial charge in [-0.1, -0.05) is 24.3 Å². The summed E-state index contributed by atoms with van der Waals surface area (Å²) in [6, 6.07) is 17.9. The number of hydrogen-bond donors (Lipinski definition) is 0. The van der Waals surface area contributed by atoms with Crippen LogP contribution in [0.4, 0.5) is 5.69 Å². The van der Waals surface area contributed by atoms with Crippen LogP contribution in [0.5, 0.6) is 0 Å². The number of nitrogens with zero attached hydrogens (tertiary/aromatic N) is 4. The minimum absolute atomic E-state index is 0.654. The topological polar surface area (TPSA) is 35.9 Å². The third-order valence-electron chi connectivity index (χ3n) is 3.78. The van der Waals surface area contributed by atoms with E-state index in [-0.39, 0.29) is 0 Å². The highest BCUT2D eigenvalue weighted by Crippen LogP contribution is 2.08. The van der Waals surface area contributed by atoms with Gasteiger partial charge in [-0.05, 0) is 0 Å². The largest absolute Gasteiger partial charge is 0.238 e. The highest BCUT2D eigenvalue weighted by Gasteiger charge is 2.06. The lowest BCUT2D eigenvalue weighted by Crippen LogP contribution is -2.33. The van der Waals surface area contributed by atoms with Crippen molar-refractivity contribution in [3.63, 3.8) is 0 Å². The molecule has 0 bridgehead atoms. The van der Waals surface area contributed by atoms with Crippen LogP contribution >= 0.6 is 0 Å². The van der Waals surface area contributed by atoms with Crippen LogP contribution in [0, 0.1) is 17.9 Å². The number of aromatic nitrogens is 2. The first-order valence-corrected chi connectivity index (χ1v) is 7.60. The van der Waals surface area contributed by atoms with Crippen LogP contribution in [0.2, 0.25) is 0 Å². The van der Waals surface area contributed by atoms with Crippen LogP contribution in [0.3, 0.4) is 0 Å². The lowest BCUT2D eigenvalue weighted by atomic mass is 10.1. The summed E-state index contributed by atoms with van der Waals surface area (Å²) < 4.78 is 4.10. The summed E-state index contributed by atoms with van der Waals surface area (Å²) in [5.74, 6) is 0. The molecule has 0 amide bonds. The molecule has 0 aliphatic carbocycles. The molecule has 0 atom stereocenters. The molecule has 0 aliphatic rings. The first-order chi connectivity index (χ1) is 11.8. The summed E-state index contributed by atoms with van der Waals surface area (Å²) >= 11 is 0. The summed E-state index contributed by atoms with van der Waals surface area (Å²) in [5, 5.41) is 8.82. The predicted molar refractivity (Wildman–Crippen MR) is 88.9 cm³/mol. The van der Waals surface area contributed by atoms with Crippen molar-refractivity contribution in [3.8, 4) is 6.07 Å². The van der Waals surface area contributed by atoms with Gasteiger partial charge in [0.2, 0.25) is 0 Å². The van der Waals surface area contributed by atoms with E-state index in [1.807, 2.05) is 53.6 Å². The Labute approximate surface area is 141 Å². The van der Waals surface area contributed by atoms with Crippen LogP contribution in [-0.4, -0.2) is 0 Å². The Bertz CT molecular complexity index is 818. The quantitative estimate of drug-likeness (QED) is 0.539. The second-order valence-electron chi connectivity index (χ2n) is 5.53. The molecule has 3 rings (SSSR count). The van der Waals surface area contributed by atoms with E-state index in [1.54, 1.807) is 0 Å². The average molecular weight is 312 g/mol. The van der Waals surface area contributed by atoms with E-state index in [9.17, 15) is 0 Å². The van der Waals surface area contributed by atoms with Gasteiger partial charge in [0.05, 0.1) is 18.2 Å². The number of rotatable bonds is 4. The molecule has 114 valence electrons. The second-order valence-corrected chi connectivity index (χ2v) is 5.53. The fourth-order valence-corrected chi connectivity index (χ4v) is 2.44.